The molecule has 1 unspecified atom stereocenters. The predicted octanol–water partition coefficient (Wildman–Crippen LogP) is -0.263. The normalized spacial score (nSPS) is 13.8. The van der Waals surface area contributed by atoms with Crippen LogP contribution in [0.25, 0.3) is 0 Å². The number of ketones is 1. The third kappa shape index (κ3) is 1.91. The molecule has 2 N–H and O–H groups in total. The molecule has 0 aromatic carbocycles. The minimum atomic E-state index is -0.398. The molecule has 0 aromatic heterocycles. The molecule has 1 radical (unpaired) electrons. The first-order valence-electron chi connectivity index (χ1n) is 1.76. The minimum Gasteiger partial charge on any atom is -0.322 e. The highest BCUT2D eigenvalue weighted by atomic mass is 16.1. The van der Waals surface area contributed by atoms with E-state index in [1.807, 2.05) is 0 Å². The second-order valence-electron chi connectivity index (χ2n) is 1.25. The molecule has 0 bridgehead atoms. The van der Waals surface area contributed by atoms with E-state index in [4.69, 9.17) is 5.73 Å². The molecule has 0 saturated heterocycles. The van der Waals surface area contributed by atoms with Crippen molar-refractivity contribution in [2.75, 3.05) is 0 Å². The van der Waals surface area contributed by atoms with Gasteiger partial charge >= 0.3 is 0 Å². The van der Waals surface area contributed by atoms with Crippen molar-refractivity contribution in [3.8, 4) is 0 Å². The Balaban J connectivity index is 3.26. The van der Waals surface area contributed by atoms with Gasteiger partial charge in [0.15, 0.2) is 0 Å². The summed E-state index contributed by atoms with van der Waals surface area (Å²) >= 11 is 0. The number of hydrogen-bond donors (Lipinski definition) is 1. The molecule has 0 aliphatic heterocycles. The van der Waals surface area contributed by atoms with Crippen molar-refractivity contribution in [2.45, 2.75) is 13.0 Å². The van der Waals surface area contributed by atoms with Crippen LogP contribution in [-0.2, 0) is 4.79 Å². The van der Waals surface area contributed by atoms with Crippen LogP contribution < -0.4 is 5.73 Å². The van der Waals surface area contributed by atoms with E-state index in [0.29, 0.717) is 0 Å². The topological polar surface area (TPSA) is 43.1 Å². The van der Waals surface area contributed by atoms with E-state index in [0.717, 1.165) is 0 Å². The van der Waals surface area contributed by atoms with Crippen LogP contribution >= 0.6 is 0 Å². The van der Waals surface area contributed by atoms with Gasteiger partial charge in [-0.3, -0.25) is 4.79 Å². The highest BCUT2D eigenvalue weighted by molar-refractivity contribution is 5.87. The largest absolute Gasteiger partial charge is 0.322 e. The fourth-order valence-electron chi connectivity index (χ4n) is 0. The second-order valence-corrected chi connectivity index (χ2v) is 1.25. The van der Waals surface area contributed by atoms with Gasteiger partial charge < -0.3 is 5.73 Å². The van der Waals surface area contributed by atoms with Gasteiger partial charge in [0.1, 0.15) is 5.78 Å². The molecule has 2 heteroatoms. The molecule has 0 heterocycles. The van der Waals surface area contributed by atoms with Gasteiger partial charge in [-0.25, -0.2) is 0 Å². The Bertz CT molecular complexity index is 58.6. The molecular weight excluding hydrogens is 78.0 g/mol. The fraction of sp³-hybridized carbons (Fsp3) is 0.500. The zero-order valence-corrected chi connectivity index (χ0v) is 3.77. The van der Waals surface area contributed by atoms with Crippen molar-refractivity contribution >= 4 is 5.78 Å². The summed E-state index contributed by atoms with van der Waals surface area (Å²) in [6.07, 6.45) is 0. The summed E-state index contributed by atoms with van der Waals surface area (Å²) < 4.78 is 0. The molecule has 6 heavy (non-hydrogen) atoms. The predicted molar refractivity (Wildman–Crippen MR) is 24.0 cm³/mol. The van der Waals surface area contributed by atoms with Crippen LogP contribution in [0.5, 0.6) is 0 Å². The summed E-state index contributed by atoms with van der Waals surface area (Å²) in [5.41, 5.74) is 5.02. The first-order chi connectivity index (χ1) is 2.64. The first-order valence-corrected chi connectivity index (χ1v) is 1.76. The number of carbonyl (C=O) groups is 1. The number of nitrogens with two attached hydrogens (primary N) is 1. The summed E-state index contributed by atoms with van der Waals surface area (Å²) in [5.74, 6) is -0.213. The van der Waals surface area contributed by atoms with E-state index in [2.05, 4.69) is 6.92 Å². The number of carbonyl (C=O) groups excluding carboxylic acids is 1. The molecule has 0 rings (SSSR count). The Labute approximate surface area is 37.3 Å². The van der Waals surface area contributed by atoms with Crippen molar-refractivity contribution < 1.29 is 4.79 Å². The maximum atomic E-state index is 9.91. The van der Waals surface area contributed by atoms with Crippen LogP contribution in [0.2, 0.25) is 0 Å². The lowest BCUT2D eigenvalue weighted by atomic mass is 10.3. The van der Waals surface area contributed by atoms with Crippen LogP contribution in [0.1, 0.15) is 6.92 Å². The molecule has 2 nitrogen and oxygen atoms in total. The van der Waals surface area contributed by atoms with Gasteiger partial charge in [0.25, 0.3) is 0 Å². The van der Waals surface area contributed by atoms with Gasteiger partial charge in [-0.05, 0) is 6.92 Å². The molecule has 0 spiro atoms. The fourth-order valence-corrected chi connectivity index (χ4v) is 0. The lowest BCUT2D eigenvalue weighted by Crippen LogP contribution is -2.23. The van der Waals surface area contributed by atoms with Crippen molar-refractivity contribution in [3.63, 3.8) is 0 Å². The van der Waals surface area contributed by atoms with Crippen molar-refractivity contribution in [3.05, 3.63) is 6.92 Å². The monoisotopic (exact) mass is 86.1 g/mol. The third-order valence-corrected chi connectivity index (χ3v) is 0.508. The Morgan fingerprint density at radius 2 is 2.17 bits per heavy atom. The lowest BCUT2D eigenvalue weighted by Gasteiger charge is -1.91. The van der Waals surface area contributed by atoms with Crippen LogP contribution in [-0.4, -0.2) is 11.8 Å². The summed E-state index contributed by atoms with van der Waals surface area (Å²) in [7, 11) is 0. The highest BCUT2D eigenvalue weighted by Gasteiger charge is 1.95. The van der Waals surface area contributed by atoms with Crippen molar-refractivity contribution in [1.82, 2.24) is 0 Å². The van der Waals surface area contributed by atoms with Gasteiger partial charge in [-0.1, -0.05) is 0 Å². The zero-order valence-electron chi connectivity index (χ0n) is 3.77. The molecule has 0 aromatic rings. The number of Topliss-reactive ketones (excluding diaryl/α,β-unsaturated/α-hetero) is 1. The smallest absolute Gasteiger partial charge is 0.149 e. The van der Waals surface area contributed by atoms with E-state index in [9.17, 15) is 4.79 Å². The van der Waals surface area contributed by atoms with Gasteiger partial charge in [0.05, 0.1) is 6.04 Å². The molecule has 35 valence electrons. The van der Waals surface area contributed by atoms with E-state index in [1.54, 1.807) is 6.92 Å². The van der Waals surface area contributed by atoms with Crippen LogP contribution in [0.15, 0.2) is 0 Å². The zero-order chi connectivity index (χ0) is 5.15. The first kappa shape index (κ1) is 5.63. The summed E-state index contributed by atoms with van der Waals surface area (Å²) in [5, 5.41) is 0. The lowest BCUT2D eigenvalue weighted by molar-refractivity contribution is -0.115. The van der Waals surface area contributed by atoms with Crippen LogP contribution in [0.3, 0.4) is 0 Å². The summed E-state index contributed by atoms with van der Waals surface area (Å²) in [6, 6.07) is -0.398. The molecule has 0 amide bonds. The molecule has 1 atom stereocenters. The Kier molecular flexibility index (Phi) is 1.81. The number of hydrogen-bond acceptors (Lipinski definition) is 2. The maximum Gasteiger partial charge on any atom is 0.149 e. The average Bonchev–Trinajstić information content (AvgIpc) is 1.36. The molecule has 0 fully saturated rings. The number of rotatable bonds is 1. The molecule has 0 saturated carbocycles. The van der Waals surface area contributed by atoms with Gasteiger partial charge in [-0.2, -0.15) is 0 Å². The third-order valence-electron chi connectivity index (χ3n) is 0.508. The second kappa shape index (κ2) is 1.92. The Morgan fingerprint density at radius 1 is 2.00 bits per heavy atom. The van der Waals surface area contributed by atoms with Crippen LogP contribution in [0.4, 0.5) is 0 Å². The highest BCUT2D eigenvalue weighted by Crippen LogP contribution is 1.71. The standard InChI is InChI=1S/C4H8NO/c1-3(5)4(2)6/h3H,2,5H2,1H3. The Morgan fingerprint density at radius 3 is 2.17 bits per heavy atom. The van der Waals surface area contributed by atoms with Crippen LogP contribution in [0, 0.1) is 6.92 Å². The molecule has 0 aliphatic rings. The van der Waals surface area contributed by atoms with E-state index in [-0.39, 0.29) is 5.78 Å². The average molecular weight is 86.1 g/mol. The van der Waals surface area contributed by atoms with Crippen molar-refractivity contribution in [2.24, 2.45) is 5.73 Å². The van der Waals surface area contributed by atoms with E-state index in [1.165, 1.54) is 0 Å². The van der Waals surface area contributed by atoms with E-state index < -0.39 is 6.04 Å². The minimum absolute atomic E-state index is 0.213. The van der Waals surface area contributed by atoms with Gasteiger partial charge in [0.2, 0.25) is 0 Å². The maximum absolute atomic E-state index is 9.91. The van der Waals surface area contributed by atoms with Gasteiger partial charge in [-0.15, -0.1) is 0 Å². The van der Waals surface area contributed by atoms with Crippen molar-refractivity contribution in [1.29, 1.82) is 0 Å². The van der Waals surface area contributed by atoms with E-state index >= 15 is 0 Å². The Hall–Kier alpha value is -0.370. The summed E-state index contributed by atoms with van der Waals surface area (Å²) in [6.45, 7) is 4.68. The van der Waals surface area contributed by atoms with Gasteiger partial charge in [0, 0.05) is 6.92 Å². The SMILES string of the molecule is [CH2]C(=O)C(C)N. The summed E-state index contributed by atoms with van der Waals surface area (Å²) in [4.78, 5) is 9.91. The quantitative estimate of drug-likeness (QED) is 0.477. The molecular formula is C4H8NO. The molecule has 0 aliphatic carbocycles.